The van der Waals surface area contributed by atoms with Crippen molar-refractivity contribution in [3.8, 4) is 0 Å². The van der Waals surface area contributed by atoms with Crippen LogP contribution in [0.5, 0.6) is 0 Å². The molecule has 0 spiro atoms. The molecule has 2 aliphatic rings. The van der Waals surface area contributed by atoms with Gasteiger partial charge < -0.3 is 4.74 Å². The average Bonchev–Trinajstić information content (AvgIpc) is 2.96. The van der Waals surface area contributed by atoms with Crippen molar-refractivity contribution in [1.29, 1.82) is 0 Å². The summed E-state index contributed by atoms with van der Waals surface area (Å²) >= 11 is 0. The highest BCUT2D eigenvalue weighted by atomic mass is 16.5. The largest absolute Gasteiger partial charge is 0.464 e. The Morgan fingerprint density at radius 3 is 3.05 bits per heavy atom. The monoisotopic (exact) mass is 267 g/mol. The molecule has 1 aliphatic heterocycles. The molecule has 0 radical (unpaired) electrons. The Labute approximate surface area is 118 Å². The normalized spacial score (nSPS) is 20.1. The molecule has 1 heterocycles. The molecule has 0 aromatic heterocycles. The van der Waals surface area contributed by atoms with E-state index in [4.69, 9.17) is 4.74 Å². The number of hydrogen-bond acceptors (Lipinski definition) is 3. The van der Waals surface area contributed by atoms with Crippen molar-refractivity contribution in [2.75, 3.05) is 6.61 Å². The highest BCUT2D eigenvalue weighted by Gasteiger charge is 2.28. The zero-order valence-electron chi connectivity index (χ0n) is 11.5. The van der Waals surface area contributed by atoms with Crippen LogP contribution in [-0.2, 0) is 16.0 Å². The lowest BCUT2D eigenvalue weighted by Gasteiger charge is -2.20. The summed E-state index contributed by atoms with van der Waals surface area (Å²) in [5, 5.41) is 0. The van der Waals surface area contributed by atoms with Gasteiger partial charge in [-0.2, -0.15) is 0 Å². The summed E-state index contributed by atoms with van der Waals surface area (Å²) in [4.78, 5) is 16.2. The van der Waals surface area contributed by atoms with Gasteiger partial charge in [0.05, 0.1) is 6.61 Å². The third-order valence-corrected chi connectivity index (χ3v) is 3.71. The highest BCUT2D eigenvalue weighted by Crippen LogP contribution is 2.32. The topological polar surface area (TPSA) is 38.7 Å². The van der Waals surface area contributed by atoms with E-state index < -0.39 is 6.04 Å². The van der Waals surface area contributed by atoms with E-state index in [0.29, 0.717) is 6.61 Å². The van der Waals surface area contributed by atoms with Crippen LogP contribution in [0.4, 0.5) is 0 Å². The molecular formula is C17H17NO2. The smallest absolute Gasteiger partial charge is 0.335 e. The summed E-state index contributed by atoms with van der Waals surface area (Å²) in [6.07, 6.45) is 7.77. The van der Waals surface area contributed by atoms with Crippen molar-refractivity contribution < 1.29 is 9.53 Å². The molecule has 0 saturated heterocycles. The molecule has 1 aliphatic carbocycles. The number of esters is 1. The lowest BCUT2D eigenvalue weighted by molar-refractivity contribution is -0.143. The molecule has 0 saturated carbocycles. The van der Waals surface area contributed by atoms with Crippen molar-refractivity contribution >= 4 is 18.3 Å². The van der Waals surface area contributed by atoms with Gasteiger partial charge in [0.1, 0.15) is 0 Å². The molecule has 20 heavy (non-hydrogen) atoms. The van der Waals surface area contributed by atoms with Gasteiger partial charge >= 0.3 is 5.97 Å². The van der Waals surface area contributed by atoms with Crippen molar-refractivity contribution in [3.63, 3.8) is 0 Å². The van der Waals surface area contributed by atoms with Crippen molar-refractivity contribution in [1.82, 2.24) is 0 Å². The van der Waals surface area contributed by atoms with Gasteiger partial charge in [0.2, 0.25) is 0 Å². The molecule has 3 rings (SSSR count). The van der Waals surface area contributed by atoms with Gasteiger partial charge in [-0.3, -0.25) is 4.99 Å². The van der Waals surface area contributed by atoms with Crippen LogP contribution in [0.1, 0.15) is 24.5 Å². The minimum absolute atomic E-state index is 0.257. The first-order valence-corrected chi connectivity index (χ1v) is 6.98. The summed E-state index contributed by atoms with van der Waals surface area (Å²) in [7, 11) is 0. The Bertz CT molecular complexity index is 626. The molecule has 0 N–H and O–H groups in total. The number of benzene rings is 1. The van der Waals surface area contributed by atoms with Crippen LogP contribution in [0, 0.1) is 0 Å². The third kappa shape index (κ3) is 2.31. The molecule has 3 nitrogen and oxygen atoms in total. The number of aryl methyl sites for hydroxylation is 1. The first-order valence-electron chi connectivity index (χ1n) is 6.98. The Morgan fingerprint density at radius 2 is 2.20 bits per heavy atom. The van der Waals surface area contributed by atoms with E-state index in [0.717, 1.165) is 18.4 Å². The SMILES string of the molecule is CCOC(=O)[C@@H]1N=CC=C1C1=Cc2ccccc2CC1. The quantitative estimate of drug-likeness (QED) is 0.790. The maximum atomic E-state index is 11.9. The van der Waals surface area contributed by atoms with Crippen LogP contribution in [-0.4, -0.2) is 24.8 Å². The first kappa shape index (κ1) is 12.9. The summed E-state index contributed by atoms with van der Waals surface area (Å²) < 4.78 is 5.10. The number of carbonyl (C=O) groups excluding carboxylic acids is 1. The number of fused-ring (bicyclic) bond motifs is 1. The van der Waals surface area contributed by atoms with Crippen LogP contribution in [0.15, 0.2) is 46.5 Å². The second-order valence-corrected chi connectivity index (χ2v) is 4.94. The lowest BCUT2D eigenvalue weighted by atomic mass is 9.86. The van der Waals surface area contributed by atoms with E-state index in [2.05, 4.69) is 29.3 Å². The molecular weight excluding hydrogens is 250 g/mol. The molecule has 102 valence electrons. The maximum Gasteiger partial charge on any atom is 0.335 e. The Hall–Kier alpha value is -2.16. The van der Waals surface area contributed by atoms with Gasteiger partial charge in [0.25, 0.3) is 0 Å². The van der Waals surface area contributed by atoms with Gasteiger partial charge in [0.15, 0.2) is 6.04 Å². The van der Waals surface area contributed by atoms with Gasteiger partial charge in [-0.1, -0.05) is 30.3 Å². The van der Waals surface area contributed by atoms with E-state index in [1.807, 2.05) is 19.1 Å². The summed E-state index contributed by atoms with van der Waals surface area (Å²) in [6, 6.07) is 7.90. The second-order valence-electron chi connectivity index (χ2n) is 4.94. The minimum Gasteiger partial charge on any atom is -0.464 e. The van der Waals surface area contributed by atoms with Crippen LogP contribution in [0.2, 0.25) is 0 Å². The highest BCUT2D eigenvalue weighted by molar-refractivity contribution is 5.91. The number of carbonyl (C=O) groups is 1. The number of ether oxygens (including phenoxy) is 1. The lowest BCUT2D eigenvalue weighted by Crippen LogP contribution is -2.23. The number of aliphatic imine (C=N–C) groups is 1. The zero-order valence-corrected chi connectivity index (χ0v) is 11.5. The average molecular weight is 267 g/mol. The Balaban J connectivity index is 1.87. The number of hydrogen-bond donors (Lipinski definition) is 0. The minimum atomic E-state index is -0.480. The molecule has 0 unspecified atom stereocenters. The second kappa shape index (κ2) is 5.45. The molecule has 3 heteroatoms. The molecule has 1 aromatic rings. The summed E-state index contributed by atoms with van der Waals surface area (Å²) in [6.45, 7) is 2.20. The Kier molecular flexibility index (Phi) is 3.50. The van der Waals surface area contributed by atoms with Crippen molar-refractivity contribution in [2.45, 2.75) is 25.8 Å². The van der Waals surface area contributed by atoms with Crippen LogP contribution in [0.25, 0.3) is 6.08 Å². The van der Waals surface area contributed by atoms with Crippen LogP contribution < -0.4 is 0 Å². The first-order chi connectivity index (χ1) is 9.79. The van der Waals surface area contributed by atoms with Gasteiger partial charge in [-0.15, -0.1) is 0 Å². The number of allylic oxidation sites excluding steroid dienone is 1. The molecule has 1 aromatic carbocycles. The van der Waals surface area contributed by atoms with Gasteiger partial charge in [0, 0.05) is 6.21 Å². The standard InChI is InChI=1S/C17H17NO2/c1-2-20-17(19)16-15(9-10-18-16)14-8-7-12-5-3-4-6-13(12)11-14/h3-6,9-11,16H,2,7-8H2,1H3/t16-/m1/s1. The van der Waals surface area contributed by atoms with E-state index in [1.165, 1.54) is 16.7 Å². The predicted octanol–water partition coefficient (Wildman–Crippen LogP) is 2.96. The van der Waals surface area contributed by atoms with Gasteiger partial charge in [-0.25, -0.2) is 4.79 Å². The van der Waals surface area contributed by atoms with Crippen LogP contribution in [0.3, 0.4) is 0 Å². The summed E-state index contributed by atoms with van der Waals surface area (Å²) in [5.41, 5.74) is 4.78. The molecule has 0 bridgehead atoms. The van der Waals surface area contributed by atoms with E-state index in [1.54, 1.807) is 6.21 Å². The molecule has 1 atom stereocenters. The van der Waals surface area contributed by atoms with E-state index in [9.17, 15) is 4.79 Å². The van der Waals surface area contributed by atoms with Crippen molar-refractivity contribution in [2.24, 2.45) is 4.99 Å². The zero-order chi connectivity index (χ0) is 13.9. The fraction of sp³-hybridized carbons (Fsp3) is 0.294. The van der Waals surface area contributed by atoms with Crippen molar-refractivity contribution in [3.05, 3.63) is 52.6 Å². The predicted molar refractivity (Wildman–Crippen MR) is 79.7 cm³/mol. The van der Waals surface area contributed by atoms with E-state index in [-0.39, 0.29) is 5.97 Å². The van der Waals surface area contributed by atoms with Gasteiger partial charge in [-0.05, 0) is 48.1 Å². The number of nitrogens with zero attached hydrogens (tertiary/aromatic N) is 1. The maximum absolute atomic E-state index is 11.9. The molecule has 0 amide bonds. The molecule has 0 fully saturated rings. The van der Waals surface area contributed by atoms with E-state index >= 15 is 0 Å². The van der Waals surface area contributed by atoms with Crippen LogP contribution >= 0.6 is 0 Å². The third-order valence-electron chi connectivity index (χ3n) is 3.71. The summed E-state index contributed by atoms with van der Waals surface area (Å²) in [5.74, 6) is -0.257. The number of rotatable bonds is 3. The fourth-order valence-electron chi connectivity index (χ4n) is 2.73. The fourth-order valence-corrected chi connectivity index (χ4v) is 2.73. The Morgan fingerprint density at radius 1 is 1.35 bits per heavy atom.